The number of rotatable bonds is 8. The van der Waals surface area contributed by atoms with Gasteiger partial charge < -0.3 is 14.7 Å². The molecule has 5 heteroatoms. The average Bonchev–Trinajstić information content (AvgIpc) is 3.16. The Morgan fingerprint density at radius 1 is 1.08 bits per heavy atom. The maximum absolute atomic E-state index is 12.8. The number of aryl methyl sites for hydroxylation is 1. The van der Waals surface area contributed by atoms with E-state index in [-0.39, 0.29) is 5.91 Å². The lowest BCUT2D eigenvalue weighted by Gasteiger charge is -2.38. The van der Waals surface area contributed by atoms with Crippen LogP contribution in [0.25, 0.3) is 0 Å². The zero-order valence-electron chi connectivity index (χ0n) is 15.9. The summed E-state index contributed by atoms with van der Waals surface area (Å²) in [4.78, 5) is 20.8. The number of para-hydroxylation sites is 2. The monoisotopic (exact) mass is 371 g/mol. The molecule has 3 rings (SSSR count). The predicted octanol–water partition coefficient (Wildman–Crippen LogP) is 3.88. The van der Waals surface area contributed by atoms with Crippen molar-refractivity contribution in [3.63, 3.8) is 0 Å². The zero-order valence-corrected chi connectivity index (χ0v) is 16.7. The van der Waals surface area contributed by atoms with E-state index in [0.29, 0.717) is 6.42 Å². The lowest BCUT2D eigenvalue weighted by atomic mass is 10.1. The Bertz CT molecular complexity index is 699. The fourth-order valence-electron chi connectivity index (χ4n) is 3.40. The molecule has 26 heavy (non-hydrogen) atoms. The molecule has 1 aliphatic heterocycles. The molecule has 1 aromatic carbocycles. The van der Waals surface area contributed by atoms with E-state index in [1.54, 1.807) is 11.3 Å². The molecule has 0 radical (unpaired) electrons. The summed E-state index contributed by atoms with van der Waals surface area (Å²) in [7, 11) is 4.20. The molecule has 0 fully saturated rings. The first kappa shape index (κ1) is 18.9. The maximum Gasteiger partial charge on any atom is 0.227 e. The Hall–Kier alpha value is -1.85. The molecule has 2 heterocycles. The van der Waals surface area contributed by atoms with Gasteiger partial charge in [-0.25, -0.2) is 0 Å². The third-order valence-corrected chi connectivity index (χ3v) is 5.81. The predicted molar refractivity (Wildman–Crippen MR) is 111 cm³/mol. The highest BCUT2D eigenvalue weighted by Crippen LogP contribution is 2.33. The van der Waals surface area contributed by atoms with E-state index in [9.17, 15) is 4.79 Å². The van der Waals surface area contributed by atoms with Crippen LogP contribution in [0.1, 0.15) is 24.1 Å². The van der Waals surface area contributed by atoms with E-state index in [1.165, 1.54) is 10.6 Å². The molecule has 140 valence electrons. The van der Waals surface area contributed by atoms with E-state index in [2.05, 4.69) is 59.6 Å². The lowest BCUT2D eigenvalue weighted by Crippen LogP contribution is -2.45. The normalized spacial score (nSPS) is 14.0. The highest BCUT2D eigenvalue weighted by Gasteiger charge is 2.25. The van der Waals surface area contributed by atoms with E-state index < -0.39 is 0 Å². The second kappa shape index (κ2) is 9.19. The smallest absolute Gasteiger partial charge is 0.227 e. The first-order chi connectivity index (χ1) is 12.6. The Kier molecular flexibility index (Phi) is 6.69. The zero-order chi connectivity index (χ0) is 18.4. The molecule has 2 aromatic rings. The molecule has 1 aromatic heterocycles. The minimum absolute atomic E-state index is 0.260. The van der Waals surface area contributed by atoms with Crippen LogP contribution in [0.4, 0.5) is 11.4 Å². The number of amides is 1. The van der Waals surface area contributed by atoms with Crippen LogP contribution in [0, 0.1) is 0 Å². The van der Waals surface area contributed by atoms with Gasteiger partial charge in [-0.2, -0.15) is 0 Å². The SMILES string of the molecule is CN(C)CCN1CCN(C(=O)CCCCc2cccs2)c2ccccc21. The van der Waals surface area contributed by atoms with E-state index in [1.807, 2.05) is 11.0 Å². The molecule has 0 bridgehead atoms. The number of carbonyl (C=O) groups excluding carboxylic acids is 1. The molecular weight excluding hydrogens is 342 g/mol. The van der Waals surface area contributed by atoms with Gasteiger partial charge in [0.05, 0.1) is 11.4 Å². The first-order valence-electron chi connectivity index (χ1n) is 9.46. The van der Waals surface area contributed by atoms with Crippen LogP contribution in [-0.4, -0.2) is 51.1 Å². The minimum Gasteiger partial charge on any atom is -0.367 e. The van der Waals surface area contributed by atoms with E-state index >= 15 is 0 Å². The van der Waals surface area contributed by atoms with Crippen LogP contribution in [0.15, 0.2) is 41.8 Å². The number of carbonyl (C=O) groups is 1. The molecule has 0 unspecified atom stereocenters. The van der Waals surface area contributed by atoms with Crippen molar-refractivity contribution < 1.29 is 4.79 Å². The van der Waals surface area contributed by atoms with Gasteiger partial charge in [0.1, 0.15) is 0 Å². The lowest BCUT2D eigenvalue weighted by molar-refractivity contribution is -0.118. The van der Waals surface area contributed by atoms with Gasteiger partial charge in [0.15, 0.2) is 0 Å². The van der Waals surface area contributed by atoms with Gasteiger partial charge in [0, 0.05) is 37.5 Å². The first-order valence-corrected chi connectivity index (χ1v) is 10.3. The fraction of sp³-hybridized carbons (Fsp3) is 0.476. The number of anilines is 2. The second-order valence-corrected chi connectivity index (χ2v) is 8.14. The van der Waals surface area contributed by atoms with Crippen LogP contribution >= 0.6 is 11.3 Å². The molecular formula is C21H29N3OS. The second-order valence-electron chi connectivity index (χ2n) is 7.11. The largest absolute Gasteiger partial charge is 0.367 e. The highest BCUT2D eigenvalue weighted by atomic mass is 32.1. The number of hydrogen-bond donors (Lipinski definition) is 0. The van der Waals surface area contributed by atoms with E-state index in [4.69, 9.17) is 0 Å². The molecule has 1 aliphatic rings. The molecule has 0 aliphatic carbocycles. The number of hydrogen-bond acceptors (Lipinski definition) is 4. The Morgan fingerprint density at radius 2 is 1.88 bits per heavy atom. The van der Waals surface area contributed by atoms with Crippen molar-refractivity contribution >= 4 is 28.6 Å². The van der Waals surface area contributed by atoms with Crippen molar-refractivity contribution in [3.8, 4) is 0 Å². The van der Waals surface area contributed by atoms with Crippen molar-refractivity contribution in [1.29, 1.82) is 0 Å². The molecule has 4 nitrogen and oxygen atoms in total. The summed E-state index contributed by atoms with van der Waals surface area (Å²) >= 11 is 1.80. The van der Waals surface area contributed by atoms with Crippen LogP contribution in [0.5, 0.6) is 0 Å². The quantitative estimate of drug-likeness (QED) is 0.659. The topological polar surface area (TPSA) is 26.8 Å². The van der Waals surface area contributed by atoms with Crippen molar-refractivity contribution in [2.45, 2.75) is 25.7 Å². The van der Waals surface area contributed by atoms with Crippen molar-refractivity contribution in [3.05, 3.63) is 46.7 Å². The number of thiophene rings is 1. The number of unbranched alkanes of at least 4 members (excludes halogenated alkanes) is 1. The van der Waals surface area contributed by atoms with Crippen LogP contribution in [-0.2, 0) is 11.2 Å². The summed E-state index contributed by atoms with van der Waals surface area (Å²) in [6, 6.07) is 12.6. The average molecular weight is 372 g/mol. The third kappa shape index (κ3) is 4.86. The minimum atomic E-state index is 0.260. The van der Waals surface area contributed by atoms with Crippen LogP contribution < -0.4 is 9.80 Å². The third-order valence-electron chi connectivity index (χ3n) is 4.87. The van der Waals surface area contributed by atoms with Gasteiger partial charge in [0.25, 0.3) is 0 Å². The fourth-order valence-corrected chi connectivity index (χ4v) is 4.15. The van der Waals surface area contributed by atoms with E-state index in [0.717, 1.165) is 51.1 Å². The molecule has 0 saturated carbocycles. The van der Waals surface area contributed by atoms with Gasteiger partial charge in [-0.05, 0) is 56.9 Å². The standard InChI is InChI=1S/C21H29N3OS/c1-22(2)13-14-23-15-16-24(20-11-5-4-10-19(20)23)21(25)12-6-3-8-18-9-7-17-26-18/h4-5,7,9-11,17H,3,6,8,12-16H2,1-2H3. The van der Waals surface area contributed by atoms with Crippen molar-refractivity contribution in [2.75, 3.05) is 50.1 Å². The molecule has 0 spiro atoms. The Morgan fingerprint density at radius 3 is 2.62 bits per heavy atom. The summed E-state index contributed by atoms with van der Waals surface area (Å²) < 4.78 is 0. The van der Waals surface area contributed by atoms with Crippen LogP contribution in [0.2, 0.25) is 0 Å². The van der Waals surface area contributed by atoms with Crippen LogP contribution in [0.3, 0.4) is 0 Å². The number of nitrogens with zero attached hydrogens (tertiary/aromatic N) is 3. The number of benzene rings is 1. The number of fused-ring (bicyclic) bond motifs is 1. The molecule has 1 amide bonds. The van der Waals surface area contributed by atoms with Crippen molar-refractivity contribution in [1.82, 2.24) is 4.90 Å². The molecule has 0 atom stereocenters. The van der Waals surface area contributed by atoms with Gasteiger partial charge >= 0.3 is 0 Å². The summed E-state index contributed by atoms with van der Waals surface area (Å²) in [5, 5.41) is 2.12. The summed E-state index contributed by atoms with van der Waals surface area (Å²) in [6.07, 6.45) is 3.76. The molecule has 0 N–H and O–H groups in total. The maximum atomic E-state index is 12.8. The summed E-state index contributed by atoms with van der Waals surface area (Å²) in [5.41, 5.74) is 2.26. The van der Waals surface area contributed by atoms with Gasteiger partial charge in [-0.15, -0.1) is 11.3 Å². The summed E-state index contributed by atoms with van der Waals surface area (Å²) in [6.45, 7) is 3.71. The van der Waals surface area contributed by atoms with Gasteiger partial charge in [0.2, 0.25) is 5.91 Å². The Balaban J connectivity index is 1.57. The molecule has 0 saturated heterocycles. The van der Waals surface area contributed by atoms with Gasteiger partial charge in [-0.1, -0.05) is 18.2 Å². The van der Waals surface area contributed by atoms with Crippen molar-refractivity contribution in [2.24, 2.45) is 0 Å². The highest BCUT2D eigenvalue weighted by molar-refractivity contribution is 7.09. The summed E-state index contributed by atoms with van der Waals surface area (Å²) in [5.74, 6) is 0.260. The number of likely N-dealkylation sites (N-methyl/N-ethyl adjacent to an activating group) is 1. The van der Waals surface area contributed by atoms with Gasteiger partial charge in [-0.3, -0.25) is 4.79 Å². The Labute approximate surface area is 161 Å².